The average Bonchev–Trinajstić information content (AvgIpc) is 3.96. The smallest absolute Gasteiger partial charge is 0.407 e. The van der Waals surface area contributed by atoms with E-state index < -0.39 is 76.9 Å². The Labute approximate surface area is 408 Å². The van der Waals surface area contributed by atoms with Crippen molar-refractivity contribution >= 4 is 52.1 Å². The van der Waals surface area contributed by atoms with E-state index in [4.69, 9.17) is 18.9 Å². The number of carbonyl (C=O) groups is 6. The molecule has 18 heteroatoms. The molecule has 0 spiro atoms. The van der Waals surface area contributed by atoms with Crippen LogP contribution < -0.4 is 16.0 Å². The highest BCUT2D eigenvalue weighted by atomic mass is 32.2. The monoisotopic (exact) mass is 974 g/mol. The number of hydrogen-bond donors (Lipinski definition) is 4. The van der Waals surface area contributed by atoms with Crippen molar-refractivity contribution in [3.05, 3.63) is 47.0 Å². The molecule has 0 saturated carbocycles. The van der Waals surface area contributed by atoms with Crippen LogP contribution in [-0.2, 0) is 42.9 Å². The van der Waals surface area contributed by atoms with Crippen molar-refractivity contribution in [1.29, 1.82) is 0 Å². The molecule has 2 heterocycles. The van der Waals surface area contributed by atoms with Crippen LogP contribution >= 0.6 is 10.9 Å². The zero-order valence-electron chi connectivity index (χ0n) is 43.4. The summed E-state index contributed by atoms with van der Waals surface area (Å²) in [5, 5.41) is 10.6. The number of nitrogens with one attached hydrogen (secondary N) is 3. The fourth-order valence-electron chi connectivity index (χ4n) is 9.10. The molecule has 17 nitrogen and oxygen atoms in total. The quantitative estimate of drug-likeness (QED) is 0.0553. The minimum absolute atomic E-state index is 0.00139. The van der Waals surface area contributed by atoms with Crippen LogP contribution in [0.5, 0.6) is 0 Å². The molecule has 2 aliphatic rings. The van der Waals surface area contributed by atoms with Gasteiger partial charge < -0.3 is 44.7 Å². The SMILES string of the molecule is CC[C@H](C)[C@@H]([C@@H](CC(=O)N1CCC[C@H]1[C@H](OC)[C@H](C)C(=O)NC(C[SH]1C=NC(C(=O)OCCNC(=O)OC(C)(C)C)=C1)c1ccccc1)OC)N(C)C(=O)[C@@H](NC(=O)[C@H](C(C)C)N(C)C)C(C)C. The number of ether oxygens (including phenoxy) is 4. The van der Waals surface area contributed by atoms with E-state index in [9.17, 15) is 28.8 Å². The van der Waals surface area contributed by atoms with Crippen LogP contribution in [0.15, 0.2) is 46.4 Å². The first kappa shape index (κ1) is 57.8. The van der Waals surface area contributed by atoms with Gasteiger partial charge in [0.2, 0.25) is 23.6 Å². The third kappa shape index (κ3) is 16.6. The normalized spacial score (nSPS) is 20.1. The van der Waals surface area contributed by atoms with Crippen molar-refractivity contribution in [2.45, 2.75) is 143 Å². The maximum atomic E-state index is 14.5. The molecule has 0 aliphatic carbocycles. The third-order valence-electron chi connectivity index (χ3n) is 12.7. The summed E-state index contributed by atoms with van der Waals surface area (Å²) in [6.07, 6.45) is 0.179. The van der Waals surface area contributed by atoms with E-state index >= 15 is 0 Å². The Morgan fingerprint density at radius 2 is 1.57 bits per heavy atom. The molecule has 68 heavy (non-hydrogen) atoms. The molecule has 0 bridgehead atoms. The number of methoxy groups -OCH3 is 2. The van der Waals surface area contributed by atoms with Gasteiger partial charge in [0.15, 0.2) is 5.70 Å². The lowest BCUT2D eigenvalue weighted by molar-refractivity contribution is -0.148. The number of rotatable bonds is 25. The van der Waals surface area contributed by atoms with Gasteiger partial charge in [-0.2, -0.15) is 10.9 Å². The molecule has 0 aromatic heterocycles. The van der Waals surface area contributed by atoms with Gasteiger partial charge in [-0.25, -0.2) is 14.6 Å². The van der Waals surface area contributed by atoms with E-state index in [0.717, 1.165) is 18.4 Å². The van der Waals surface area contributed by atoms with Crippen LogP contribution in [0.2, 0.25) is 0 Å². The van der Waals surface area contributed by atoms with Crippen LogP contribution in [0, 0.1) is 23.7 Å². The molecule has 0 radical (unpaired) electrons. The number of nitrogens with zero attached hydrogens (tertiary/aromatic N) is 4. The third-order valence-corrected chi connectivity index (χ3v) is 14.5. The molecular formula is C50H83N7O10S. The fraction of sp³-hybridized carbons (Fsp3) is 0.700. The summed E-state index contributed by atoms with van der Waals surface area (Å²) in [6.45, 7) is 19.4. The highest BCUT2D eigenvalue weighted by Crippen LogP contribution is 2.37. The molecular weight excluding hydrogens is 891 g/mol. The molecule has 1 fully saturated rings. The lowest BCUT2D eigenvalue weighted by Gasteiger charge is -2.41. The average molecular weight is 974 g/mol. The second-order valence-electron chi connectivity index (χ2n) is 20.0. The first-order chi connectivity index (χ1) is 31.9. The summed E-state index contributed by atoms with van der Waals surface area (Å²) in [4.78, 5) is 91.1. The van der Waals surface area contributed by atoms with Crippen LogP contribution in [0.1, 0.15) is 107 Å². The van der Waals surface area contributed by atoms with Gasteiger partial charge in [-0.3, -0.25) is 24.1 Å². The molecule has 1 saturated heterocycles. The van der Waals surface area contributed by atoms with Gasteiger partial charge in [-0.1, -0.05) is 85.2 Å². The highest BCUT2D eigenvalue weighted by molar-refractivity contribution is 8.31. The fourth-order valence-corrected chi connectivity index (χ4v) is 10.8. The number of esters is 1. The second-order valence-corrected chi connectivity index (χ2v) is 21.8. The lowest BCUT2D eigenvalue weighted by Crippen LogP contribution is -2.59. The number of carbonyl (C=O) groups excluding carboxylic acids is 6. The topological polar surface area (TPSA) is 198 Å². The maximum Gasteiger partial charge on any atom is 0.407 e. The number of thiol groups is 1. The predicted molar refractivity (Wildman–Crippen MR) is 268 cm³/mol. The first-order valence-electron chi connectivity index (χ1n) is 24.1. The molecule has 1 aromatic rings. The van der Waals surface area contributed by atoms with E-state index in [1.807, 2.05) is 97.8 Å². The van der Waals surface area contributed by atoms with Crippen molar-refractivity contribution in [2.75, 3.05) is 60.8 Å². The molecule has 2 unspecified atom stereocenters. The summed E-state index contributed by atoms with van der Waals surface area (Å²) in [5.41, 5.74) is 2.12. The Hall–Kier alpha value is -4.52. The maximum absolute atomic E-state index is 14.5. The predicted octanol–water partition coefficient (Wildman–Crippen LogP) is 5.44. The second kappa shape index (κ2) is 27.0. The molecule has 5 amide bonds. The summed E-state index contributed by atoms with van der Waals surface area (Å²) in [6, 6.07) is 7.08. The molecule has 384 valence electrons. The zero-order valence-corrected chi connectivity index (χ0v) is 44.3. The number of alkyl carbamates (subject to hydrolysis) is 1. The van der Waals surface area contributed by atoms with Gasteiger partial charge in [0.1, 0.15) is 18.2 Å². The van der Waals surface area contributed by atoms with E-state index in [0.29, 0.717) is 18.7 Å². The van der Waals surface area contributed by atoms with Gasteiger partial charge in [-0.05, 0) is 76.4 Å². The minimum Gasteiger partial charge on any atom is -0.459 e. The van der Waals surface area contributed by atoms with Crippen LogP contribution in [0.25, 0.3) is 0 Å². The summed E-state index contributed by atoms with van der Waals surface area (Å²) < 4.78 is 22.7. The molecule has 2 aliphatic heterocycles. The van der Waals surface area contributed by atoms with E-state index in [1.54, 1.807) is 62.8 Å². The van der Waals surface area contributed by atoms with Crippen molar-refractivity contribution < 1.29 is 47.7 Å². The molecule has 10 atom stereocenters. The van der Waals surface area contributed by atoms with E-state index in [1.165, 1.54) is 0 Å². The highest BCUT2D eigenvalue weighted by Gasteiger charge is 2.43. The number of likely N-dealkylation sites (N-methyl/N-ethyl adjacent to an activating group) is 2. The number of benzene rings is 1. The van der Waals surface area contributed by atoms with Crippen LogP contribution in [-0.4, -0.2) is 159 Å². The van der Waals surface area contributed by atoms with Crippen LogP contribution in [0.3, 0.4) is 0 Å². The minimum atomic E-state index is -1.07. The largest absolute Gasteiger partial charge is 0.459 e. The van der Waals surface area contributed by atoms with Crippen molar-refractivity contribution in [2.24, 2.45) is 28.7 Å². The van der Waals surface area contributed by atoms with Crippen molar-refractivity contribution in [3.63, 3.8) is 0 Å². The Morgan fingerprint density at radius 3 is 2.13 bits per heavy atom. The van der Waals surface area contributed by atoms with Crippen molar-refractivity contribution in [1.82, 2.24) is 30.7 Å². The number of aliphatic imine (C=N–C) groups is 1. The Morgan fingerprint density at radius 1 is 0.912 bits per heavy atom. The van der Waals surface area contributed by atoms with Crippen LogP contribution in [0.4, 0.5) is 4.79 Å². The summed E-state index contributed by atoms with van der Waals surface area (Å²) >= 11 is 0. The summed E-state index contributed by atoms with van der Waals surface area (Å²) in [5.74, 6) is -1.90. The van der Waals surface area contributed by atoms with Gasteiger partial charge in [0.25, 0.3) is 0 Å². The molecule has 1 aromatic carbocycles. The Kier molecular flexibility index (Phi) is 23.0. The van der Waals surface area contributed by atoms with Gasteiger partial charge in [-0.15, -0.1) is 0 Å². The van der Waals surface area contributed by atoms with Gasteiger partial charge in [0, 0.05) is 39.1 Å². The Bertz CT molecular complexity index is 1880. The molecule has 3 N–H and O–H groups in total. The standard InChI is InChI=1S/C50H83N7O10S/c1-16-33(6)43(56(13)47(61)41(31(2)3)54-46(60)42(32(4)5)55(11)12)39(64-14)27-40(58)57-25-20-23-38(57)44(65-15)34(7)45(59)53-36(35-21-18-17-19-22-35)28-68-29-37(52-30-68)48(62)66-26-24-51-49(63)67-50(8,9)10/h17-19,21-22,29-34,36,38-39,41-44,68H,16,20,23-28H2,1-15H3,(H,51,63)(H,53,59)(H,54,60)/t33-,34-,36?,38-,39+,41-,42-,43-,44+/m0/s1. The first-order valence-corrected chi connectivity index (χ1v) is 25.7. The van der Waals surface area contributed by atoms with Crippen molar-refractivity contribution in [3.8, 4) is 0 Å². The number of likely N-dealkylation sites (tertiary alicyclic amines) is 1. The van der Waals surface area contributed by atoms with E-state index in [2.05, 4.69) is 20.9 Å². The lowest BCUT2D eigenvalue weighted by atomic mass is 9.89. The Balaban J connectivity index is 1.74. The van der Waals surface area contributed by atoms with E-state index in [-0.39, 0.29) is 66.7 Å². The zero-order chi connectivity index (χ0) is 51.0. The summed E-state index contributed by atoms with van der Waals surface area (Å²) in [7, 11) is 7.48. The number of hydrogen-bond acceptors (Lipinski definition) is 12. The number of amides is 5. The van der Waals surface area contributed by atoms with Gasteiger partial charge >= 0.3 is 12.1 Å². The molecule has 3 rings (SSSR count). The van der Waals surface area contributed by atoms with Gasteiger partial charge in [0.05, 0.1) is 55.3 Å².